The molecule has 0 radical (unpaired) electrons. The number of ketones is 1. The second-order valence-electron chi connectivity index (χ2n) is 4.91. The summed E-state index contributed by atoms with van der Waals surface area (Å²) in [5.74, 6) is 1.41. The van der Waals surface area contributed by atoms with E-state index in [1.165, 1.54) is 0 Å². The maximum absolute atomic E-state index is 11.9. The number of hydrogen-bond acceptors (Lipinski definition) is 2. The van der Waals surface area contributed by atoms with Crippen LogP contribution in [0.15, 0.2) is 30.3 Å². The van der Waals surface area contributed by atoms with Gasteiger partial charge in [0.1, 0.15) is 0 Å². The summed E-state index contributed by atoms with van der Waals surface area (Å²) in [4.78, 5) is 11.9. The summed E-state index contributed by atoms with van der Waals surface area (Å²) in [5.41, 5.74) is 6.42. The fourth-order valence-electron chi connectivity index (χ4n) is 2.11. The minimum atomic E-state index is 0.244. The van der Waals surface area contributed by atoms with Crippen molar-refractivity contribution in [1.82, 2.24) is 0 Å². The van der Waals surface area contributed by atoms with Gasteiger partial charge in [-0.2, -0.15) is 0 Å². The van der Waals surface area contributed by atoms with Gasteiger partial charge >= 0.3 is 0 Å². The second kappa shape index (κ2) is 7.23. The summed E-state index contributed by atoms with van der Waals surface area (Å²) in [6, 6.07) is 9.52. The minimum absolute atomic E-state index is 0.244. The molecule has 1 atom stereocenters. The molecule has 17 heavy (non-hydrogen) atoms. The van der Waals surface area contributed by atoms with Gasteiger partial charge in [0.2, 0.25) is 0 Å². The lowest BCUT2D eigenvalue weighted by atomic mass is 9.87. The van der Waals surface area contributed by atoms with E-state index in [0.29, 0.717) is 24.8 Å². The molecular formula is C15H23NO. The van der Waals surface area contributed by atoms with Gasteiger partial charge in [-0.05, 0) is 31.2 Å². The summed E-state index contributed by atoms with van der Waals surface area (Å²) in [5, 5.41) is 0. The van der Waals surface area contributed by atoms with Crippen LogP contribution in [0.3, 0.4) is 0 Å². The van der Waals surface area contributed by atoms with Gasteiger partial charge in [0.15, 0.2) is 5.78 Å². The van der Waals surface area contributed by atoms with Gasteiger partial charge in [-0.15, -0.1) is 0 Å². The van der Waals surface area contributed by atoms with Crippen molar-refractivity contribution in [1.29, 1.82) is 0 Å². The molecule has 94 valence electrons. The highest BCUT2D eigenvalue weighted by molar-refractivity contribution is 5.95. The minimum Gasteiger partial charge on any atom is -0.330 e. The van der Waals surface area contributed by atoms with Crippen molar-refractivity contribution in [3.8, 4) is 0 Å². The van der Waals surface area contributed by atoms with Crippen molar-refractivity contribution in [3.05, 3.63) is 35.9 Å². The van der Waals surface area contributed by atoms with Crippen molar-refractivity contribution >= 4 is 5.78 Å². The molecule has 0 aliphatic heterocycles. The number of hydrogen-bond donors (Lipinski definition) is 1. The molecular weight excluding hydrogens is 210 g/mol. The monoisotopic (exact) mass is 233 g/mol. The van der Waals surface area contributed by atoms with Crippen molar-refractivity contribution in [2.75, 3.05) is 6.54 Å². The molecule has 2 N–H and O–H groups in total. The van der Waals surface area contributed by atoms with E-state index < -0.39 is 0 Å². The van der Waals surface area contributed by atoms with Crippen LogP contribution in [0.1, 0.15) is 43.5 Å². The van der Waals surface area contributed by atoms with E-state index in [1.807, 2.05) is 30.3 Å². The summed E-state index contributed by atoms with van der Waals surface area (Å²) in [7, 11) is 0. The molecule has 2 heteroatoms. The topological polar surface area (TPSA) is 43.1 Å². The Morgan fingerprint density at radius 1 is 1.18 bits per heavy atom. The first kappa shape index (κ1) is 13.9. The Bertz CT molecular complexity index is 332. The predicted octanol–water partition coefficient (Wildman–Crippen LogP) is 3.27. The number of nitrogens with two attached hydrogens (primary N) is 1. The van der Waals surface area contributed by atoms with Crippen LogP contribution >= 0.6 is 0 Å². The predicted molar refractivity (Wildman–Crippen MR) is 72.0 cm³/mol. The third-order valence-corrected chi connectivity index (χ3v) is 3.32. The molecule has 0 saturated heterocycles. The highest BCUT2D eigenvalue weighted by atomic mass is 16.1. The van der Waals surface area contributed by atoms with Crippen LogP contribution in [0.25, 0.3) is 0 Å². The smallest absolute Gasteiger partial charge is 0.162 e. The summed E-state index contributed by atoms with van der Waals surface area (Å²) < 4.78 is 0. The molecule has 2 nitrogen and oxygen atoms in total. The number of carbonyl (C=O) groups is 1. The molecule has 1 rings (SSSR count). The van der Waals surface area contributed by atoms with Crippen LogP contribution in [0.2, 0.25) is 0 Å². The van der Waals surface area contributed by atoms with Gasteiger partial charge in [0, 0.05) is 12.0 Å². The van der Waals surface area contributed by atoms with E-state index in [0.717, 1.165) is 18.4 Å². The maximum atomic E-state index is 11.9. The average molecular weight is 233 g/mol. The van der Waals surface area contributed by atoms with E-state index in [9.17, 15) is 4.79 Å². The normalized spacial score (nSPS) is 12.7. The zero-order chi connectivity index (χ0) is 12.7. The van der Waals surface area contributed by atoms with Gasteiger partial charge < -0.3 is 5.73 Å². The highest BCUT2D eigenvalue weighted by Gasteiger charge is 2.14. The van der Waals surface area contributed by atoms with Crippen LogP contribution < -0.4 is 5.73 Å². The number of carbonyl (C=O) groups excluding carboxylic acids is 1. The molecule has 0 aromatic heterocycles. The average Bonchev–Trinajstić information content (AvgIpc) is 2.34. The second-order valence-corrected chi connectivity index (χ2v) is 4.91. The van der Waals surface area contributed by atoms with E-state index in [1.54, 1.807) is 0 Å². The molecule has 1 aromatic rings. The summed E-state index contributed by atoms with van der Waals surface area (Å²) in [6.45, 7) is 5.11. The van der Waals surface area contributed by atoms with Crippen molar-refractivity contribution in [2.24, 2.45) is 17.6 Å². The molecule has 1 aromatic carbocycles. The Morgan fingerprint density at radius 2 is 1.82 bits per heavy atom. The van der Waals surface area contributed by atoms with E-state index in [4.69, 9.17) is 5.73 Å². The van der Waals surface area contributed by atoms with Crippen molar-refractivity contribution < 1.29 is 4.79 Å². The standard InChI is InChI=1S/C15H23NO/c1-12(2)13(10-11-16)8-9-15(17)14-6-4-3-5-7-14/h3-7,12-13H,8-11,16H2,1-2H3. The van der Waals surface area contributed by atoms with Gasteiger partial charge in [-0.1, -0.05) is 44.2 Å². The van der Waals surface area contributed by atoms with Crippen LogP contribution in [-0.4, -0.2) is 12.3 Å². The number of rotatable bonds is 7. The zero-order valence-corrected chi connectivity index (χ0v) is 10.9. The van der Waals surface area contributed by atoms with Crippen molar-refractivity contribution in [3.63, 3.8) is 0 Å². The first-order valence-corrected chi connectivity index (χ1v) is 6.43. The first-order chi connectivity index (χ1) is 8.15. The fraction of sp³-hybridized carbons (Fsp3) is 0.533. The third kappa shape index (κ3) is 4.70. The van der Waals surface area contributed by atoms with Crippen LogP contribution in [0, 0.1) is 11.8 Å². The molecule has 0 heterocycles. The van der Waals surface area contributed by atoms with Crippen LogP contribution in [0.4, 0.5) is 0 Å². The molecule has 0 aliphatic carbocycles. The number of Topliss-reactive ketones (excluding diaryl/α,β-unsaturated/α-hetero) is 1. The first-order valence-electron chi connectivity index (χ1n) is 6.43. The third-order valence-electron chi connectivity index (χ3n) is 3.32. The Kier molecular flexibility index (Phi) is 5.92. The highest BCUT2D eigenvalue weighted by Crippen LogP contribution is 2.21. The molecule has 0 spiro atoms. The SMILES string of the molecule is CC(C)C(CCN)CCC(=O)c1ccccc1. The lowest BCUT2D eigenvalue weighted by Gasteiger charge is -2.19. The Labute approximate surface area is 104 Å². The Morgan fingerprint density at radius 3 is 2.35 bits per heavy atom. The molecule has 0 aliphatic rings. The quantitative estimate of drug-likeness (QED) is 0.734. The molecule has 0 amide bonds. The van der Waals surface area contributed by atoms with Gasteiger partial charge in [-0.25, -0.2) is 0 Å². The molecule has 0 bridgehead atoms. The van der Waals surface area contributed by atoms with Gasteiger partial charge in [-0.3, -0.25) is 4.79 Å². The number of benzene rings is 1. The van der Waals surface area contributed by atoms with E-state index in [-0.39, 0.29) is 5.78 Å². The Balaban J connectivity index is 2.47. The van der Waals surface area contributed by atoms with E-state index >= 15 is 0 Å². The lowest BCUT2D eigenvalue weighted by molar-refractivity contribution is 0.0969. The van der Waals surface area contributed by atoms with Crippen LogP contribution in [0.5, 0.6) is 0 Å². The Hall–Kier alpha value is -1.15. The molecule has 0 saturated carbocycles. The summed E-state index contributed by atoms with van der Waals surface area (Å²) >= 11 is 0. The molecule has 1 unspecified atom stereocenters. The zero-order valence-electron chi connectivity index (χ0n) is 10.9. The largest absolute Gasteiger partial charge is 0.330 e. The van der Waals surface area contributed by atoms with Crippen LogP contribution in [-0.2, 0) is 0 Å². The molecule has 0 fully saturated rings. The van der Waals surface area contributed by atoms with E-state index in [2.05, 4.69) is 13.8 Å². The maximum Gasteiger partial charge on any atom is 0.162 e. The fourth-order valence-corrected chi connectivity index (χ4v) is 2.11. The van der Waals surface area contributed by atoms with Crippen molar-refractivity contribution in [2.45, 2.75) is 33.1 Å². The lowest BCUT2D eigenvalue weighted by Crippen LogP contribution is -2.15. The van der Waals surface area contributed by atoms with Gasteiger partial charge in [0.05, 0.1) is 0 Å². The van der Waals surface area contributed by atoms with Gasteiger partial charge in [0.25, 0.3) is 0 Å². The summed E-state index contributed by atoms with van der Waals surface area (Å²) in [6.07, 6.45) is 2.59.